The molecule has 9 heteroatoms. The maximum absolute atomic E-state index is 13.5. The molecule has 30 heavy (non-hydrogen) atoms. The van der Waals surface area contributed by atoms with Crippen LogP contribution in [0.5, 0.6) is 0 Å². The minimum Gasteiger partial charge on any atom is -0.444 e. The first-order valence-electron chi connectivity index (χ1n) is 9.80. The monoisotopic (exact) mass is 431 g/mol. The topological polar surface area (TPSA) is 81.9 Å². The highest BCUT2D eigenvalue weighted by atomic mass is 35.5. The van der Waals surface area contributed by atoms with E-state index >= 15 is 0 Å². The van der Waals surface area contributed by atoms with E-state index in [1.165, 1.54) is 6.33 Å². The average molecular weight is 432 g/mol. The SMILES string of the molecule is CC(C)(C)OC(=O)Nc1ncnc2c1c(Cc1cccc(Cl)c1)nn2C1CC(F)C1. The van der Waals surface area contributed by atoms with Crippen molar-refractivity contribution in [1.29, 1.82) is 0 Å². The van der Waals surface area contributed by atoms with E-state index in [4.69, 9.17) is 21.4 Å². The van der Waals surface area contributed by atoms with Gasteiger partial charge in [-0.15, -0.1) is 0 Å². The Hall–Kier alpha value is -2.74. The van der Waals surface area contributed by atoms with Crippen LogP contribution >= 0.6 is 11.6 Å². The Bertz CT molecular complexity index is 1090. The van der Waals surface area contributed by atoms with Gasteiger partial charge in [-0.05, 0) is 38.5 Å². The first-order chi connectivity index (χ1) is 14.2. The third kappa shape index (κ3) is 4.38. The van der Waals surface area contributed by atoms with Crippen LogP contribution in [0.25, 0.3) is 11.0 Å². The van der Waals surface area contributed by atoms with Gasteiger partial charge in [-0.2, -0.15) is 5.10 Å². The van der Waals surface area contributed by atoms with Crippen LogP contribution in [-0.2, 0) is 11.2 Å². The minimum atomic E-state index is -0.827. The number of anilines is 1. The van der Waals surface area contributed by atoms with Crippen LogP contribution in [0.4, 0.5) is 15.0 Å². The number of ether oxygens (including phenoxy) is 1. The van der Waals surface area contributed by atoms with Gasteiger partial charge in [-0.1, -0.05) is 23.7 Å². The van der Waals surface area contributed by atoms with E-state index in [0.29, 0.717) is 46.8 Å². The lowest BCUT2D eigenvalue weighted by atomic mass is 9.91. The molecule has 0 radical (unpaired) electrons. The number of aromatic nitrogens is 4. The van der Waals surface area contributed by atoms with Crippen molar-refractivity contribution in [3.05, 3.63) is 46.9 Å². The van der Waals surface area contributed by atoms with Crippen molar-refractivity contribution in [1.82, 2.24) is 19.7 Å². The first kappa shape index (κ1) is 20.5. The molecule has 1 N–H and O–H groups in total. The molecule has 0 saturated heterocycles. The second kappa shape index (κ2) is 7.83. The third-order valence-corrected chi connectivity index (χ3v) is 5.08. The number of nitrogens with one attached hydrogen (secondary N) is 1. The predicted octanol–water partition coefficient (Wildman–Crippen LogP) is 5.09. The molecular formula is C21H23ClFN5O2. The third-order valence-electron chi connectivity index (χ3n) is 4.84. The molecule has 0 spiro atoms. The van der Waals surface area contributed by atoms with E-state index in [1.807, 2.05) is 18.2 Å². The summed E-state index contributed by atoms with van der Waals surface area (Å²) in [6.45, 7) is 5.36. The number of carbonyl (C=O) groups excluding carboxylic acids is 1. The number of hydrogen-bond acceptors (Lipinski definition) is 5. The summed E-state index contributed by atoms with van der Waals surface area (Å²) in [6.07, 6.45) is 1.18. The van der Waals surface area contributed by atoms with Crippen LogP contribution in [0.15, 0.2) is 30.6 Å². The van der Waals surface area contributed by atoms with Crippen LogP contribution in [0.1, 0.15) is 50.9 Å². The normalized spacial score (nSPS) is 18.8. The summed E-state index contributed by atoms with van der Waals surface area (Å²) in [5.74, 6) is 0.314. The molecule has 3 aromatic rings. The number of alkyl halides is 1. The van der Waals surface area contributed by atoms with E-state index in [2.05, 4.69) is 15.3 Å². The predicted molar refractivity (Wildman–Crippen MR) is 113 cm³/mol. The van der Waals surface area contributed by atoms with Crippen LogP contribution in [0, 0.1) is 0 Å². The van der Waals surface area contributed by atoms with E-state index < -0.39 is 17.9 Å². The second-order valence-corrected chi connectivity index (χ2v) is 8.90. The van der Waals surface area contributed by atoms with Gasteiger partial charge in [0.05, 0.1) is 17.1 Å². The van der Waals surface area contributed by atoms with Crippen molar-refractivity contribution < 1.29 is 13.9 Å². The standard InChI is InChI=1S/C21H23ClFN5O2/c1-21(2,3)30-20(29)26-18-17-16(8-12-5-4-6-13(22)7-12)27-28(15-9-14(23)10-15)19(17)25-11-24-18/h4-7,11,14-15H,8-10H2,1-3H3,(H,24,25,26,29). The number of benzene rings is 1. The number of carbonyl (C=O) groups is 1. The fourth-order valence-corrected chi connectivity index (χ4v) is 3.69. The largest absolute Gasteiger partial charge is 0.444 e. The molecule has 158 valence electrons. The van der Waals surface area contributed by atoms with Gasteiger partial charge < -0.3 is 4.74 Å². The zero-order chi connectivity index (χ0) is 21.5. The summed E-state index contributed by atoms with van der Waals surface area (Å²) >= 11 is 6.13. The van der Waals surface area contributed by atoms with E-state index in [9.17, 15) is 9.18 Å². The van der Waals surface area contributed by atoms with Gasteiger partial charge in [0.15, 0.2) is 5.65 Å². The van der Waals surface area contributed by atoms with Gasteiger partial charge in [0.25, 0.3) is 0 Å². The zero-order valence-corrected chi connectivity index (χ0v) is 17.8. The molecule has 1 fully saturated rings. The Kier molecular flexibility index (Phi) is 5.36. The van der Waals surface area contributed by atoms with Gasteiger partial charge in [-0.25, -0.2) is 23.8 Å². The van der Waals surface area contributed by atoms with E-state index in [-0.39, 0.29) is 6.04 Å². The Morgan fingerprint density at radius 1 is 1.33 bits per heavy atom. The zero-order valence-electron chi connectivity index (χ0n) is 17.0. The Morgan fingerprint density at radius 3 is 2.77 bits per heavy atom. The first-order valence-corrected chi connectivity index (χ1v) is 10.2. The number of amides is 1. The number of rotatable bonds is 4. The molecular weight excluding hydrogens is 409 g/mol. The lowest BCUT2D eigenvalue weighted by molar-refractivity contribution is 0.0635. The maximum atomic E-state index is 13.5. The van der Waals surface area contributed by atoms with Crippen molar-refractivity contribution in [2.75, 3.05) is 5.32 Å². The second-order valence-electron chi connectivity index (χ2n) is 8.47. The fraction of sp³-hybridized carbons (Fsp3) is 0.429. The van der Waals surface area contributed by atoms with Gasteiger partial charge in [0.2, 0.25) is 0 Å². The van der Waals surface area contributed by atoms with Gasteiger partial charge in [0.1, 0.15) is 23.9 Å². The van der Waals surface area contributed by atoms with Crippen LogP contribution < -0.4 is 5.32 Å². The highest BCUT2D eigenvalue weighted by Gasteiger charge is 2.34. The molecule has 1 amide bonds. The number of nitrogens with zero attached hydrogens (tertiary/aromatic N) is 4. The van der Waals surface area contributed by atoms with Gasteiger partial charge in [-0.3, -0.25) is 5.32 Å². The fourth-order valence-electron chi connectivity index (χ4n) is 3.48. The van der Waals surface area contributed by atoms with Crippen molar-refractivity contribution in [2.45, 2.75) is 57.8 Å². The van der Waals surface area contributed by atoms with Gasteiger partial charge in [0, 0.05) is 24.3 Å². The Morgan fingerprint density at radius 2 is 2.10 bits per heavy atom. The maximum Gasteiger partial charge on any atom is 0.413 e. The molecule has 0 atom stereocenters. The highest BCUT2D eigenvalue weighted by molar-refractivity contribution is 6.30. The molecule has 1 aliphatic carbocycles. The quantitative estimate of drug-likeness (QED) is 0.622. The van der Waals surface area contributed by atoms with Crippen LogP contribution in [0.2, 0.25) is 5.02 Å². The molecule has 2 aromatic heterocycles. The summed E-state index contributed by atoms with van der Waals surface area (Å²) in [6, 6.07) is 7.41. The molecule has 7 nitrogen and oxygen atoms in total. The smallest absolute Gasteiger partial charge is 0.413 e. The molecule has 0 unspecified atom stereocenters. The summed E-state index contributed by atoms with van der Waals surface area (Å²) in [5.41, 5.74) is 1.55. The van der Waals surface area contributed by atoms with Crippen molar-refractivity contribution in [3.63, 3.8) is 0 Å². The molecule has 0 bridgehead atoms. The summed E-state index contributed by atoms with van der Waals surface area (Å²) < 4.78 is 20.6. The van der Waals surface area contributed by atoms with Crippen molar-refractivity contribution in [2.24, 2.45) is 0 Å². The van der Waals surface area contributed by atoms with Crippen LogP contribution in [0.3, 0.4) is 0 Å². The number of fused-ring (bicyclic) bond motifs is 1. The summed E-state index contributed by atoms with van der Waals surface area (Å²) in [4.78, 5) is 21.0. The van der Waals surface area contributed by atoms with Gasteiger partial charge >= 0.3 is 6.09 Å². The number of halogens is 2. The van der Waals surface area contributed by atoms with E-state index in [0.717, 1.165) is 5.56 Å². The lowest BCUT2D eigenvalue weighted by Gasteiger charge is -2.29. The molecule has 1 saturated carbocycles. The van der Waals surface area contributed by atoms with Crippen molar-refractivity contribution in [3.8, 4) is 0 Å². The lowest BCUT2D eigenvalue weighted by Crippen LogP contribution is -2.29. The highest BCUT2D eigenvalue weighted by Crippen LogP contribution is 2.38. The molecule has 0 aliphatic heterocycles. The molecule has 1 aliphatic rings. The molecule has 2 heterocycles. The minimum absolute atomic E-state index is 0.0695. The number of hydrogen-bond donors (Lipinski definition) is 1. The Balaban J connectivity index is 1.75. The summed E-state index contributed by atoms with van der Waals surface area (Å²) in [5, 5.41) is 8.68. The van der Waals surface area contributed by atoms with E-state index in [1.54, 1.807) is 31.5 Å². The Labute approximate surface area is 178 Å². The van der Waals surface area contributed by atoms with Crippen LogP contribution in [-0.4, -0.2) is 37.6 Å². The molecule has 1 aromatic carbocycles. The average Bonchev–Trinajstić information content (AvgIpc) is 2.96. The molecule has 4 rings (SSSR count). The van der Waals surface area contributed by atoms with Crippen molar-refractivity contribution >= 4 is 34.5 Å². The summed E-state index contributed by atoms with van der Waals surface area (Å²) in [7, 11) is 0.